The molecular weight excluding hydrogens is 428 g/mol. The van der Waals surface area contributed by atoms with Crippen LogP contribution in [0.2, 0.25) is 0 Å². The Morgan fingerprint density at radius 3 is 1.18 bits per heavy atom. The number of carboxylic acids is 2. The SMILES string of the molecule is CCCCCCCCCCCC(CCCCCCCCCCC(=O)C(C)(C)C)(C(=O)O)C(=O)O. The van der Waals surface area contributed by atoms with E-state index in [0.717, 1.165) is 64.2 Å². The number of carbonyl (C=O) groups is 3. The van der Waals surface area contributed by atoms with Crippen LogP contribution < -0.4 is 0 Å². The quantitative estimate of drug-likeness (QED) is 0.112. The van der Waals surface area contributed by atoms with Crippen LogP contribution in [-0.4, -0.2) is 27.9 Å². The fourth-order valence-electron chi connectivity index (χ4n) is 4.53. The van der Waals surface area contributed by atoms with Crippen LogP contribution in [0.5, 0.6) is 0 Å². The predicted molar refractivity (Wildman–Crippen MR) is 140 cm³/mol. The van der Waals surface area contributed by atoms with Gasteiger partial charge in [-0.25, -0.2) is 0 Å². The molecule has 34 heavy (non-hydrogen) atoms. The van der Waals surface area contributed by atoms with Crippen LogP contribution >= 0.6 is 0 Å². The van der Waals surface area contributed by atoms with Gasteiger partial charge in [0.2, 0.25) is 0 Å². The Morgan fingerprint density at radius 1 is 0.529 bits per heavy atom. The zero-order chi connectivity index (χ0) is 25.9. The number of Topliss-reactive ketones (excluding diaryl/α,β-unsaturated/α-hetero) is 1. The van der Waals surface area contributed by atoms with Crippen molar-refractivity contribution in [2.45, 2.75) is 156 Å². The van der Waals surface area contributed by atoms with Crippen LogP contribution in [-0.2, 0) is 14.4 Å². The fourth-order valence-corrected chi connectivity index (χ4v) is 4.53. The first kappa shape index (κ1) is 32.6. The molecule has 0 saturated carbocycles. The largest absolute Gasteiger partial charge is 0.480 e. The van der Waals surface area contributed by atoms with E-state index in [9.17, 15) is 24.6 Å². The van der Waals surface area contributed by atoms with Crippen LogP contribution in [0.3, 0.4) is 0 Å². The van der Waals surface area contributed by atoms with E-state index in [4.69, 9.17) is 0 Å². The summed E-state index contributed by atoms with van der Waals surface area (Å²) in [6.07, 6.45) is 19.1. The van der Waals surface area contributed by atoms with Crippen LogP contribution in [0.4, 0.5) is 0 Å². The second-order valence-electron chi connectivity index (χ2n) is 11.3. The zero-order valence-electron chi connectivity index (χ0n) is 22.8. The van der Waals surface area contributed by atoms with Gasteiger partial charge in [0.15, 0.2) is 5.41 Å². The van der Waals surface area contributed by atoms with Gasteiger partial charge in [-0.05, 0) is 19.3 Å². The summed E-state index contributed by atoms with van der Waals surface area (Å²) < 4.78 is 0. The summed E-state index contributed by atoms with van der Waals surface area (Å²) in [4.78, 5) is 35.7. The van der Waals surface area contributed by atoms with Crippen molar-refractivity contribution in [2.75, 3.05) is 0 Å². The minimum Gasteiger partial charge on any atom is -0.480 e. The number of aliphatic carboxylic acids is 2. The standard InChI is InChI=1S/C29H54O5/c1-5-6-7-8-9-11-14-17-20-23-29(26(31)32,27(33)34)24-21-18-15-12-10-13-16-19-22-25(30)28(2,3)4/h5-24H2,1-4H3,(H,31,32)(H,33,34). The summed E-state index contributed by atoms with van der Waals surface area (Å²) in [6.45, 7) is 8.11. The van der Waals surface area contributed by atoms with Gasteiger partial charge < -0.3 is 10.2 Å². The highest BCUT2D eigenvalue weighted by atomic mass is 16.4. The summed E-state index contributed by atoms with van der Waals surface area (Å²) in [7, 11) is 0. The smallest absolute Gasteiger partial charge is 0.321 e. The highest BCUT2D eigenvalue weighted by Gasteiger charge is 2.45. The summed E-state index contributed by atoms with van der Waals surface area (Å²) in [6, 6.07) is 0. The molecule has 2 N–H and O–H groups in total. The molecule has 0 atom stereocenters. The van der Waals surface area contributed by atoms with E-state index in [0.29, 0.717) is 25.0 Å². The van der Waals surface area contributed by atoms with Crippen molar-refractivity contribution in [3.8, 4) is 0 Å². The lowest BCUT2D eigenvalue weighted by atomic mass is 9.78. The van der Waals surface area contributed by atoms with Gasteiger partial charge in [0.05, 0.1) is 0 Å². The highest BCUT2D eigenvalue weighted by Crippen LogP contribution is 2.33. The van der Waals surface area contributed by atoms with E-state index < -0.39 is 17.4 Å². The van der Waals surface area contributed by atoms with E-state index in [1.807, 2.05) is 20.8 Å². The molecule has 5 nitrogen and oxygen atoms in total. The third-order valence-corrected chi connectivity index (χ3v) is 7.12. The maximum Gasteiger partial charge on any atom is 0.321 e. The molecule has 200 valence electrons. The molecule has 0 spiro atoms. The third kappa shape index (κ3) is 14.8. The van der Waals surface area contributed by atoms with E-state index in [-0.39, 0.29) is 18.3 Å². The molecule has 5 heteroatoms. The molecular formula is C29H54O5. The summed E-state index contributed by atoms with van der Waals surface area (Å²) in [5, 5.41) is 19.4. The minimum atomic E-state index is -1.62. The molecule has 0 aromatic heterocycles. The Bertz CT molecular complexity index is 547. The summed E-state index contributed by atoms with van der Waals surface area (Å²) in [5.74, 6) is -2.02. The number of hydrogen-bond donors (Lipinski definition) is 2. The summed E-state index contributed by atoms with van der Waals surface area (Å²) in [5.41, 5.74) is -1.87. The van der Waals surface area contributed by atoms with Crippen LogP contribution in [0, 0.1) is 10.8 Å². The summed E-state index contributed by atoms with van der Waals surface area (Å²) >= 11 is 0. The minimum absolute atomic E-state index is 0.226. The molecule has 0 aromatic carbocycles. The maximum absolute atomic E-state index is 11.9. The molecule has 0 radical (unpaired) electrons. The Hall–Kier alpha value is -1.39. The molecule has 0 amide bonds. The molecule has 0 aromatic rings. The van der Waals surface area contributed by atoms with E-state index >= 15 is 0 Å². The normalized spacial score (nSPS) is 12.1. The Morgan fingerprint density at radius 2 is 0.853 bits per heavy atom. The van der Waals surface area contributed by atoms with E-state index in [1.54, 1.807) is 0 Å². The molecule has 0 heterocycles. The zero-order valence-corrected chi connectivity index (χ0v) is 22.8. The van der Waals surface area contributed by atoms with E-state index in [2.05, 4.69) is 6.92 Å². The predicted octanol–water partition coefficient (Wildman–Crippen LogP) is 8.58. The van der Waals surface area contributed by atoms with Crippen molar-refractivity contribution in [1.82, 2.24) is 0 Å². The van der Waals surface area contributed by atoms with Gasteiger partial charge in [0.25, 0.3) is 0 Å². The third-order valence-electron chi connectivity index (χ3n) is 7.12. The lowest BCUT2D eigenvalue weighted by Crippen LogP contribution is -2.39. The first-order valence-electron chi connectivity index (χ1n) is 14.1. The number of rotatable bonds is 23. The molecule has 0 fully saturated rings. The van der Waals surface area contributed by atoms with Crippen molar-refractivity contribution in [3.05, 3.63) is 0 Å². The highest BCUT2D eigenvalue weighted by molar-refractivity contribution is 5.98. The topological polar surface area (TPSA) is 91.7 Å². The number of carboxylic acid groups (broad SMARTS) is 2. The van der Waals surface area contributed by atoms with Gasteiger partial charge in [-0.15, -0.1) is 0 Å². The average Bonchev–Trinajstić information content (AvgIpc) is 2.76. The van der Waals surface area contributed by atoms with Crippen LogP contribution in [0.1, 0.15) is 156 Å². The second-order valence-corrected chi connectivity index (χ2v) is 11.3. The van der Waals surface area contributed by atoms with Gasteiger partial charge in [-0.3, -0.25) is 14.4 Å². The van der Waals surface area contributed by atoms with Gasteiger partial charge in [-0.2, -0.15) is 0 Å². The molecule has 0 rings (SSSR count). The molecule has 0 aliphatic rings. The van der Waals surface area contributed by atoms with Crippen molar-refractivity contribution < 1.29 is 24.6 Å². The molecule has 0 aliphatic heterocycles. The lowest BCUT2D eigenvalue weighted by Gasteiger charge is -2.25. The van der Waals surface area contributed by atoms with E-state index in [1.165, 1.54) is 32.1 Å². The Kier molecular flexibility index (Phi) is 18.1. The number of hydrogen-bond acceptors (Lipinski definition) is 3. The molecule has 0 unspecified atom stereocenters. The monoisotopic (exact) mass is 482 g/mol. The fraction of sp³-hybridized carbons (Fsp3) is 0.897. The Labute approximate surface area is 209 Å². The van der Waals surface area contributed by atoms with Gasteiger partial charge in [0, 0.05) is 11.8 Å². The lowest BCUT2D eigenvalue weighted by molar-refractivity contribution is -0.166. The Balaban J connectivity index is 4.05. The number of carbonyl (C=O) groups excluding carboxylic acids is 1. The number of ketones is 1. The molecule has 0 bridgehead atoms. The van der Waals surface area contributed by atoms with Crippen molar-refractivity contribution in [1.29, 1.82) is 0 Å². The first-order chi connectivity index (χ1) is 16.1. The van der Waals surface area contributed by atoms with Crippen molar-refractivity contribution >= 4 is 17.7 Å². The maximum atomic E-state index is 11.9. The second kappa shape index (κ2) is 18.9. The number of unbranched alkanes of at least 4 members (excludes halogenated alkanes) is 15. The van der Waals surface area contributed by atoms with Crippen LogP contribution in [0.25, 0.3) is 0 Å². The van der Waals surface area contributed by atoms with Gasteiger partial charge >= 0.3 is 11.9 Å². The molecule has 0 saturated heterocycles. The first-order valence-corrected chi connectivity index (χ1v) is 14.1. The average molecular weight is 483 g/mol. The van der Waals surface area contributed by atoms with Gasteiger partial charge in [-0.1, -0.05) is 130 Å². The molecule has 0 aliphatic carbocycles. The van der Waals surface area contributed by atoms with Crippen molar-refractivity contribution in [2.24, 2.45) is 10.8 Å². The van der Waals surface area contributed by atoms with Crippen molar-refractivity contribution in [3.63, 3.8) is 0 Å². The van der Waals surface area contributed by atoms with Crippen LogP contribution in [0.15, 0.2) is 0 Å². The van der Waals surface area contributed by atoms with Gasteiger partial charge in [0.1, 0.15) is 5.78 Å².